The van der Waals surface area contributed by atoms with Crippen molar-refractivity contribution in [2.75, 3.05) is 0 Å². The number of hydrogen-bond donors (Lipinski definition) is 1. The normalized spacial score (nSPS) is 17.6. The maximum atomic E-state index is 13.1. The molecule has 30 heavy (non-hydrogen) atoms. The molecule has 0 aliphatic carbocycles. The van der Waals surface area contributed by atoms with E-state index in [0.29, 0.717) is 10.6 Å². The summed E-state index contributed by atoms with van der Waals surface area (Å²) in [4.78, 5) is 49.9. The third-order valence-corrected chi connectivity index (χ3v) is 4.65. The number of carbonyl (C=O) groups is 4. The monoisotopic (exact) mass is 459 g/mol. The lowest BCUT2D eigenvalue weighted by atomic mass is 9.92. The Labute approximate surface area is 184 Å². The molecule has 8 nitrogen and oxygen atoms in total. The van der Waals surface area contributed by atoms with E-state index in [1.165, 1.54) is 26.0 Å². The van der Waals surface area contributed by atoms with Gasteiger partial charge in [-0.2, -0.15) is 0 Å². The molecular formula is C20H23Cl2NO7. The van der Waals surface area contributed by atoms with E-state index in [4.69, 9.17) is 37.4 Å². The quantitative estimate of drug-likeness (QED) is 0.530. The number of ketones is 1. The first-order valence-corrected chi connectivity index (χ1v) is 9.87. The van der Waals surface area contributed by atoms with Crippen molar-refractivity contribution in [2.45, 2.75) is 58.5 Å². The van der Waals surface area contributed by atoms with Gasteiger partial charge in [-0.1, -0.05) is 29.3 Å². The van der Waals surface area contributed by atoms with Gasteiger partial charge in [-0.15, -0.1) is 0 Å². The standard InChI is InChI=1S/C20H23Cl2NO7/c1-19(2,3)30-18(27)23-13(9-10-6-7-11(21)12(22)8-10)15(24)14-16(25)28-20(4,5)29-17(14)26/h6-8,13-14H,9H2,1-5H3,(H,23,27)/t13-/m1/s1. The van der Waals surface area contributed by atoms with Crippen LogP contribution >= 0.6 is 23.2 Å². The van der Waals surface area contributed by atoms with E-state index in [-0.39, 0.29) is 11.4 Å². The Hall–Kier alpha value is -2.32. The van der Waals surface area contributed by atoms with Crippen molar-refractivity contribution in [3.63, 3.8) is 0 Å². The van der Waals surface area contributed by atoms with Crippen LogP contribution in [0.15, 0.2) is 18.2 Å². The lowest BCUT2D eigenvalue weighted by Gasteiger charge is -2.33. The van der Waals surface area contributed by atoms with E-state index in [1.807, 2.05) is 0 Å². The van der Waals surface area contributed by atoms with Crippen LogP contribution in [0.2, 0.25) is 10.0 Å². The van der Waals surface area contributed by atoms with Gasteiger partial charge < -0.3 is 19.5 Å². The van der Waals surface area contributed by atoms with Gasteiger partial charge in [-0.3, -0.25) is 14.4 Å². The molecule has 164 valence electrons. The summed E-state index contributed by atoms with van der Waals surface area (Å²) in [6, 6.07) is 3.36. The van der Waals surface area contributed by atoms with Gasteiger partial charge in [-0.05, 0) is 44.9 Å². The van der Waals surface area contributed by atoms with Gasteiger partial charge in [0.05, 0.1) is 16.1 Å². The second kappa shape index (κ2) is 8.81. The number of nitrogens with one attached hydrogen (secondary N) is 1. The van der Waals surface area contributed by atoms with E-state index in [9.17, 15) is 19.2 Å². The third-order valence-electron chi connectivity index (χ3n) is 3.91. The Balaban J connectivity index is 2.30. The molecule has 1 fully saturated rings. The zero-order valence-corrected chi connectivity index (χ0v) is 18.7. The van der Waals surface area contributed by atoms with Crippen molar-refractivity contribution in [3.8, 4) is 0 Å². The van der Waals surface area contributed by atoms with E-state index >= 15 is 0 Å². The number of rotatable bonds is 5. The number of cyclic esters (lactones) is 2. The third kappa shape index (κ3) is 6.34. The minimum absolute atomic E-state index is 0.0740. The lowest BCUT2D eigenvalue weighted by molar-refractivity contribution is -0.238. The summed E-state index contributed by atoms with van der Waals surface area (Å²) in [5.41, 5.74) is -0.287. The van der Waals surface area contributed by atoms with Crippen molar-refractivity contribution < 1.29 is 33.4 Å². The number of benzene rings is 1. The first-order valence-electron chi connectivity index (χ1n) is 9.11. The fourth-order valence-electron chi connectivity index (χ4n) is 2.73. The highest BCUT2D eigenvalue weighted by Crippen LogP contribution is 2.27. The zero-order valence-electron chi connectivity index (χ0n) is 17.2. The van der Waals surface area contributed by atoms with Crippen LogP contribution in [0.1, 0.15) is 40.2 Å². The Bertz CT molecular complexity index is 856. The molecular weight excluding hydrogens is 437 g/mol. The van der Waals surface area contributed by atoms with Crippen LogP contribution in [-0.2, 0) is 35.0 Å². The van der Waals surface area contributed by atoms with Gasteiger partial charge in [0.15, 0.2) is 5.78 Å². The van der Waals surface area contributed by atoms with E-state index in [2.05, 4.69) is 5.32 Å². The molecule has 0 saturated carbocycles. The van der Waals surface area contributed by atoms with Crippen LogP contribution in [0.25, 0.3) is 0 Å². The van der Waals surface area contributed by atoms with Crippen molar-refractivity contribution in [1.29, 1.82) is 0 Å². The Kier molecular flexibility index (Phi) is 7.04. The highest BCUT2D eigenvalue weighted by atomic mass is 35.5. The molecule has 0 unspecified atom stereocenters. The number of amides is 1. The van der Waals surface area contributed by atoms with Gasteiger partial charge in [0.25, 0.3) is 5.79 Å². The predicted octanol–water partition coefficient (Wildman–Crippen LogP) is 3.45. The largest absolute Gasteiger partial charge is 0.444 e. The summed E-state index contributed by atoms with van der Waals surface area (Å²) in [6.07, 6.45) is -0.964. The minimum Gasteiger partial charge on any atom is -0.444 e. The highest BCUT2D eigenvalue weighted by Gasteiger charge is 2.49. The average molecular weight is 460 g/mol. The molecule has 0 spiro atoms. The van der Waals surface area contributed by atoms with Gasteiger partial charge in [0.2, 0.25) is 5.92 Å². The van der Waals surface area contributed by atoms with Crippen LogP contribution in [0.4, 0.5) is 4.79 Å². The molecule has 1 aliphatic rings. The zero-order chi connectivity index (χ0) is 22.9. The second-order valence-corrected chi connectivity index (χ2v) is 9.04. The molecule has 1 aromatic rings. The molecule has 0 aromatic heterocycles. The summed E-state index contributed by atoms with van der Waals surface area (Å²) in [5.74, 6) is -6.31. The summed E-state index contributed by atoms with van der Waals surface area (Å²) in [5, 5.41) is 2.97. The van der Waals surface area contributed by atoms with Gasteiger partial charge in [-0.25, -0.2) is 4.79 Å². The Morgan fingerprint density at radius 3 is 2.20 bits per heavy atom. The van der Waals surface area contributed by atoms with Gasteiger partial charge >= 0.3 is 18.0 Å². The fraction of sp³-hybridized carbons (Fsp3) is 0.500. The van der Waals surface area contributed by atoms with Crippen LogP contribution in [0.5, 0.6) is 0 Å². The van der Waals surface area contributed by atoms with Gasteiger partial charge in [0.1, 0.15) is 5.60 Å². The van der Waals surface area contributed by atoms with Crippen molar-refractivity contribution in [1.82, 2.24) is 5.32 Å². The topological polar surface area (TPSA) is 108 Å². The highest BCUT2D eigenvalue weighted by molar-refractivity contribution is 6.42. The first-order chi connectivity index (χ1) is 13.7. The average Bonchev–Trinajstić information content (AvgIpc) is 2.53. The number of alkyl carbamates (subject to hydrolysis) is 1. The predicted molar refractivity (Wildman–Crippen MR) is 108 cm³/mol. The summed E-state index contributed by atoms with van der Waals surface area (Å²) in [7, 11) is 0. The Morgan fingerprint density at radius 2 is 1.70 bits per heavy atom. The number of Topliss-reactive ketones (excluding diaryl/α,β-unsaturated/α-hetero) is 1. The molecule has 2 rings (SSSR count). The van der Waals surface area contributed by atoms with Crippen molar-refractivity contribution >= 4 is 47.0 Å². The van der Waals surface area contributed by atoms with Crippen LogP contribution < -0.4 is 5.32 Å². The molecule has 1 atom stereocenters. The summed E-state index contributed by atoms with van der Waals surface area (Å²) < 4.78 is 15.2. The van der Waals surface area contributed by atoms with E-state index in [0.717, 1.165) is 0 Å². The van der Waals surface area contributed by atoms with Crippen LogP contribution in [0, 0.1) is 5.92 Å². The molecule has 1 aliphatic heterocycles. The van der Waals surface area contributed by atoms with E-state index < -0.39 is 47.2 Å². The number of carbonyl (C=O) groups excluding carboxylic acids is 4. The molecule has 0 radical (unpaired) electrons. The number of ether oxygens (including phenoxy) is 3. The molecule has 1 amide bonds. The number of halogens is 2. The van der Waals surface area contributed by atoms with Crippen molar-refractivity contribution in [2.24, 2.45) is 5.92 Å². The van der Waals surface area contributed by atoms with Crippen molar-refractivity contribution in [3.05, 3.63) is 33.8 Å². The maximum Gasteiger partial charge on any atom is 0.408 e. The number of esters is 2. The molecule has 10 heteroatoms. The maximum absolute atomic E-state index is 13.1. The number of hydrogen-bond acceptors (Lipinski definition) is 7. The van der Waals surface area contributed by atoms with Crippen LogP contribution in [0.3, 0.4) is 0 Å². The van der Waals surface area contributed by atoms with Gasteiger partial charge in [0, 0.05) is 13.8 Å². The molecule has 1 aromatic carbocycles. The first kappa shape index (κ1) is 24.0. The summed E-state index contributed by atoms with van der Waals surface area (Å²) >= 11 is 11.9. The van der Waals surface area contributed by atoms with E-state index in [1.54, 1.807) is 26.8 Å². The SMILES string of the molecule is CC(C)(C)OC(=O)N[C@H](Cc1ccc(Cl)c(Cl)c1)C(=O)C1C(=O)OC(C)(C)OC1=O. The molecule has 0 bridgehead atoms. The molecule has 1 heterocycles. The molecule has 1 N–H and O–H groups in total. The minimum atomic E-state index is -1.83. The second-order valence-electron chi connectivity index (χ2n) is 8.23. The fourth-order valence-corrected chi connectivity index (χ4v) is 3.05. The lowest BCUT2D eigenvalue weighted by Crippen LogP contribution is -2.55. The molecule has 1 saturated heterocycles. The van der Waals surface area contributed by atoms with Crippen LogP contribution in [-0.4, -0.2) is 41.2 Å². The smallest absolute Gasteiger partial charge is 0.408 e. The summed E-state index contributed by atoms with van der Waals surface area (Å²) in [6.45, 7) is 7.70. The Morgan fingerprint density at radius 1 is 1.13 bits per heavy atom.